The maximum atomic E-state index is 5.31. The number of anilines is 1. The SMILES string of the molecule is CCCC(CS)(CCC)CN(C)c1cccc(OC)c1. The van der Waals surface area contributed by atoms with Gasteiger partial charge in [-0.2, -0.15) is 12.6 Å². The number of nitrogens with zero attached hydrogens (tertiary/aromatic N) is 1. The second kappa shape index (κ2) is 8.46. The van der Waals surface area contributed by atoms with Gasteiger partial charge < -0.3 is 9.64 Å². The summed E-state index contributed by atoms with van der Waals surface area (Å²) < 4.78 is 5.31. The first-order chi connectivity index (χ1) is 9.60. The molecule has 0 amide bonds. The van der Waals surface area contributed by atoms with Gasteiger partial charge in [-0.3, -0.25) is 0 Å². The normalized spacial score (nSPS) is 11.4. The van der Waals surface area contributed by atoms with Gasteiger partial charge in [-0.05, 0) is 36.1 Å². The lowest BCUT2D eigenvalue weighted by Gasteiger charge is -2.37. The molecule has 0 fully saturated rings. The van der Waals surface area contributed by atoms with Crippen molar-refractivity contribution in [3.63, 3.8) is 0 Å². The highest BCUT2D eigenvalue weighted by Crippen LogP contribution is 2.34. The lowest BCUT2D eigenvalue weighted by molar-refractivity contribution is 0.282. The van der Waals surface area contributed by atoms with Crippen LogP contribution in [0.3, 0.4) is 0 Å². The third-order valence-corrected chi connectivity index (χ3v) is 4.63. The predicted molar refractivity (Wildman–Crippen MR) is 92.4 cm³/mol. The molecule has 0 aromatic heterocycles. The van der Waals surface area contributed by atoms with Gasteiger partial charge in [-0.1, -0.05) is 32.8 Å². The Balaban J connectivity index is 2.85. The third-order valence-electron chi connectivity index (χ3n) is 3.96. The summed E-state index contributed by atoms with van der Waals surface area (Å²) in [6.45, 7) is 5.57. The van der Waals surface area contributed by atoms with Crippen LogP contribution in [0.15, 0.2) is 24.3 Å². The van der Waals surface area contributed by atoms with Gasteiger partial charge in [0.25, 0.3) is 0 Å². The summed E-state index contributed by atoms with van der Waals surface area (Å²) in [5, 5.41) is 0. The van der Waals surface area contributed by atoms with E-state index in [0.29, 0.717) is 5.41 Å². The number of benzene rings is 1. The lowest BCUT2D eigenvalue weighted by Crippen LogP contribution is -2.37. The van der Waals surface area contributed by atoms with E-state index < -0.39 is 0 Å². The van der Waals surface area contributed by atoms with Crippen molar-refractivity contribution in [3.8, 4) is 5.75 Å². The van der Waals surface area contributed by atoms with Crippen LogP contribution in [-0.2, 0) is 0 Å². The van der Waals surface area contributed by atoms with Crippen LogP contribution in [0.1, 0.15) is 39.5 Å². The average molecular weight is 295 g/mol. The van der Waals surface area contributed by atoms with Crippen molar-refractivity contribution in [2.24, 2.45) is 5.41 Å². The Kier molecular flexibility index (Phi) is 7.28. The fourth-order valence-electron chi connectivity index (χ4n) is 2.99. The Morgan fingerprint density at radius 3 is 2.35 bits per heavy atom. The summed E-state index contributed by atoms with van der Waals surface area (Å²) in [7, 11) is 3.88. The first-order valence-corrected chi connectivity index (χ1v) is 8.20. The largest absolute Gasteiger partial charge is 0.497 e. The fourth-order valence-corrected chi connectivity index (χ4v) is 3.41. The van der Waals surface area contributed by atoms with Gasteiger partial charge in [-0.25, -0.2) is 0 Å². The van der Waals surface area contributed by atoms with E-state index in [9.17, 15) is 0 Å². The second-order valence-electron chi connectivity index (χ2n) is 5.72. The number of thiol groups is 1. The van der Waals surface area contributed by atoms with Crippen LogP contribution >= 0.6 is 12.6 Å². The van der Waals surface area contributed by atoms with Gasteiger partial charge in [-0.15, -0.1) is 0 Å². The van der Waals surface area contributed by atoms with Crippen LogP contribution in [-0.4, -0.2) is 26.5 Å². The van der Waals surface area contributed by atoms with E-state index in [2.05, 4.69) is 50.6 Å². The van der Waals surface area contributed by atoms with Crippen LogP contribution in [0.25, 0.3) is 0 Å². The van der Waals surface area contributed by atoms with Crippen molar-refractivity contribution >= 4 is 18.3 Å². The third kappa shape index (κ3) is 4.62. The summed E-state index contributed by atoms with van der Waals surface area (Å²) in [4.78, 5) is 2.34. The highest BCUT2D eigenvalue weighted by molar-refractivity contribution is 7.80. The summed E-state index contributed by atoms with van der Waals surface area (Å²) in [6.07, 6.45) is 4.90. The number of ether oxygens (including phenoxy) is 1. The van der Waals surface area contributed by atoms with Gasteiger partial charge in [0.2, 0.25) is 0 Å². The zero-order valence-electron chi connectivity index (χ0n) is 13.4. The predicted octanol–water partition coefficient (Wildman–Crippen LogP) is 4.65. The van der Waals surface area contributed by atoms with Crippen LogP contribution in [0.2, 0.25) is 0 Å². The molecule has 0 atom stereocenters. The Hall–Kier alpha value is -0.830. The zero-order chi connectivity index (χ0) is 15.0. The molecule has 2 nitrogen and oxygen atoms in total. The first-order valence-electron chi connectivity index (χ1n) is 7.57. The maximum Gasteiger partial charge on any atom is 0.120 e. The lowest BCUT2D eigenvalue weighted by atomic mass is 9.80. The summed E-state index contributed by atoms with van der Waals surface area (Å²) in [5.41, 5.74) is 1.52. The van der Waals surface area contributed by atoms with E-state index in [-0.39, 0.29) is 0 Å². The highest BCUT2D eigenvalue weighted by Gasteiger charge is 2.28. The van der Waals surface area contributed by atoms with E-state index in [1.54, 1.807) is 7.11 Å². The molecule has 114 valence electrons. The molecule has 0 aliphatic carbocycles. The van der Waals surface area contributed by atoms with E-state index >= 15 is 0 Å². The number of rotatable bonds is 9. The maximum absolute atomic E-state index is 5.31. The molecule has 0 saturated carbocycles. The molecule has 0 heterocycles. The van der Waals surface area contributed by atoms with Crippen molar-refractivity contribution in [1.82, 2.24) is 0 Å². The standard InChI is InChI=1S/C17H29NOS/c1-5-10-17(14-20,11-6-2)13-18(3)15-8-7-9-16(12-15)19-4/h7-9,12,20H,5-6,10-11,13-14H2,1-4H3. The molecule has 0 saturated heterocycles. The molecular formula is C17H29NOS. The molecule has 0 bridgehead atoms. The molecule has 0 aliphatic heterocycles. The Labute approximate surface area is 129 Å². The molecule has 0 radical (unpaired) electrons. The van der Waals surface area contributed by atoms with Gasteiger partial charge in [0.1, 0.15) is 5.75 Å². The fraction of sp³-hybridized carbons (Fsp3) is 0.647. The molecule has 1 aromatic rings. The van der Waals surface area contributed by atoms with Gasteiger partial charge in [0.05, 0.1) is 7.11 Å². The minimum atomic E-state index is 0.310. The topological polar surface area (TPSA) is 12.5 Å². The Morgan fingerprint density at radius 1 is 1.20 bits per heavy atom. The van der Waals surface area contributed by atoms with Crippen LogP contribution < -0.4 is 9.64 Å². The second-order valence-corrected chi connectivity index (χ2v) is 6.03. The minimum absolute atomic E-state index is 0.310. The molecule has 20 heavy (non-hydrogen) atoms. The van der Waals surface area contributed by atoms with Crippen LogP contribution in [0, 0.1) is 5.41 Å². The molecule has 0 spiro atoms. The molecule has 1 aromatic carbocycles. The highest BCUT2D eigenvalue weighted by atomic mass is 32.1. The Bertz CT molecular complexity index is 388. The molecule has 0 unspecified atom stereocenters. The summed E-state index contributed by atoms with van der Waals surface area (Å²) in [5.74, 6) is 1.86. The number of hydrogen-bond donors (Lipinski definition) is 1. The molecular weight excluding hydrogens is 266 g/mol. The number of hydrogen-bond acceptors (Lipinski definition) is 3. The zero-order valence-corrected chi connectivity index (χ0v) is 14.2. The van der Waals surface area contributed by atoms with Crippen molar-refractivity contribution < 1.29 is 4.74 Å². The summed E-state index contributed by atoms with van der Waals surface area (Å²) >= 11 is 4.64. The first kappa shape index (κ1) is 17.2. The average Bonchev–Trinajstić information content (AvgIpc) is 2.47. The molecule has 3 heteroatoms. The van der Waals surface area contributed by atoms with Crippen molar-refractivity contribution in [3.05, 3.63) is 24.3 Å². The minimum Gasteiger partial charge on any atom is -0.497 e. The molecule has 0 aliphatic rings. The van der Waals surface area contributed by atoms with E-state index in [0.717, 1.165) is 18.0 Å². The van der Waals surface area contributed by atoms with E-state index in [1.807, 2.05) is 12.1 Å². The van der Waals surface area contributed by atoms with Gasteiger partial charge in [0.15, 0.2) is 0 Å². The quantitative estimate of drug-likeness (QED) is 0.666. The van der Waals surface area contributed by atoms with Crippen LogP contribution in [0.5, 0.6) is 5.75 Å². The monoisotopic (exact) mass is 295 g/mol. The van der Waals surface area contributed by atoms with Crippen molar-refractivity contribution in [1.29, 1.82) is 0 Å². The smallest absolute Gasteiger partial charge is 0.120 e. The number of methoxy groups -OCH3 is 1. The van der Waals surface area contributed by atoms with Crippen molar-refractivity contribution in [2.75, 3.05) is 31.4 Å². The van der Waals surface area contributed by atoms with Crippen LogP contribution in [0.4, 0.5) is 5.69 Å². The Morgan fingerprint density at radius 2 is 1.85 bits per heavy atom. The molecule has 1 rings (SSSR count). The molecule has 0 N–H and O–H groups in total. The van der Waals surface area contributed by atoms with Gasteiger partial charge in [0, 0.05) is 25.3 Å². The summed E-state index contributed by atoms with van der Waals surface area (Å²) in [6, 6.07) is 8.28. The van der Waals surface area contributed by atoms with Crippen molar-refractivity contribution in [2.45, 2.75) is 39.5 Å². The van der Waals surface area contributed by atoms with E-state index in [1.165, 1.54) is 31.4 Å². The van der Waals surface area contributed by atoms with Gasteiger partial charge >= 0.3 is 0 Å². The van der Waals surface area contributed by atoms with E-state index in [4.69, 9.17) is 4.74 Å².